The summed E-state index contributed by atoms with van der Waals surface area (Å²) >= 11 is 0. The first kappa shape index (κ1) is 16.1. The number of hydrogen-bond acceptors (Lipinski definition) is 5. The van der Waals surface area contributed by atoms with Gasteiger partial charge in [0, 0.05) is 32.6 Å². The van der Waals surface area contributed by atoms with E-state index in [1.807, 2.05) is 13.8 Å². The molecule has 0 aromatic carbocycles. The summed E-state index contributed by atoms with van der Waals surface area (Å²) in [5, 5.41) is 6.74. The molecule has 1 aromatic heterocycles. The van der Waals surface area contributed by atoms with Crippen molar-refractivity contribution in [2.45, 2.75) is 38.5 Å². The predicted molar refractivity (Wildman–Crippen MR) is 74.2 cm³/mol. The van der Waals surface area contributed by atoms with E-state index in [-0.39, 0.29) is 6.04 Å². The molecule has 1 aromatic rings. The zero-order chi connectivity index (χ0) is 14.5. The number of aryl methyl sites for hydroxylation is 1. The lowest BCUT2D eigenvalue weighted by Crippen LogP contribution is -2.41. The van der Waals surface area contributed by atoms with Crippen molar-refractivity contribution in [1.29, 1.82) is 0 Å². The molecular formula is C11H23N5O2S. The highest BCUT2D eigenvalue weighted by Gasteiger charge is 2.20. The van der Waals surface area contributed by atoms with Gasteiger partial charge in [0.2, 0.25) is 10.0 Å². The second-order valence-corrected chi connectivity index (χ2v) is 7.08. The van der Waals surface area contributed by atoms with Crippen LogP contribution in [0, 0.1) is 0 Å². The number of aromatic nitrogens is 3. The van der Waals surface area contributed by atoms with Crippen LogP contribution in [0.4, 0.5) is 0 Å². The molecule has 19 heavy (non-hydrogen) atoms. The normalized spacial score (nSPS) is 13.9. The topological polar surface area (TPSA) is 88.9 Å². The Labute approximate surface area is 114 Å². The van der Waals surface area contributed by atoms with E-state index in [4.69, 9.17) is 0 Å². The summed E-state index contributed by atoms with van der Waals surface area (Å²) in [6.07, 6.45) is 2.09. The van der Waals surface area contributed by atoms with E-state index in [2.05, 4.69) is 20.1 Å². The summed E-state index contributed by atoms with van der Waals surface area (Å²) in [6, 6.07) is 0.273. The minimum atomic E-state index is -3.29. The van der Waals surface area contributed by atoms with Crippen LogP contribution in [0.15, 0.2) is 6.33 Å². The maximum absolute atomic E-state index is 11.9. The highest BCUT2D eigenvalue weighted by molar-refractivity contribution is 7.90. The third-order valence-electron chi connectivity index (χ3n) is 2.64. The third kappa shape index (κ3) is 5.66. The van der Waals surface area contributed by atoms with Crippen LogP contribution >= 0.6 is 0 Å². The van der Waals surface area contributed by atoms with Gasteiger partial charge >= 0.3 is 0 Å². The predicted octanol–water partition coefficient (Wildman–Crippen LogP) is -0.336. The molecule has 0 amide bonds. The fraction of sp³-hybridized carbons (Fsp3) is 0.818. The second kappa shape index (κ2) is 6.97. The third-order valence-corrected chi connectivity index (χ3v) is 4.47. The van der Waals surface area contributed by atoms with Gasteiger partial charge < -0.3 is 5.32 Å². The van der Waals surface area contributed by atoms with Gasteiger partial charge in [-0.1, -0.05) is 13.8 Å². The lowest BCUT2D eigenvalue weighted by molar-refractivity contribution is 0.540. The molecule has 8 heteroatoms. The number of sulfonamides is 1. The standard InChI is InChI=1S/C11H23N5O2S/c1-9(2)12-7-10(3)19(17,18)14-6-5-11-13-8-16(4)15-11/h8-10,12,14H,5-7H2,1-4H3. The average Bonchev–Trinajstić information content (AvgIpc) is 2.71. The quantitative estimate of drug-likeness (QED) is 0.684. The minimum absolute atomic E-state index is 0.273. The van der Waals surface area contributed by atoms with Crippen LogP contribution in [-0.4, -0.2) is 47.6 Å². The van der Waals surface area contributed by atoms with Crippen LogP contribution in [0.5, 0.6) is 0 Å². The van der Waals surface area contributed by atoms with Gasteiger partial charge in [0.15, 0.2) is 5.82 Å². The van der Waals surface area contributed by atoms with Crippen LogP contribution in [-0.2, 0) is 23.5 Å². The first-order chi connectivity index (χ1) is 8.81. The number of nitrogens with one attached hydrogen (secondary N) is 2. The molecule has 0 aliphatic heterocycles. The van der Waals surface area contributed by atoms with Gasteiger partial charge in [0.25, 0.3) is 0 Å². The SMILES string of the molecule is CC(C)NCC(C)S(=O)(=O)NCCc1ncn(C)n1. The largest absolute Gasteiger partial charge is 0.313 e. The molecule has 0 spiro atoms. The number of hydrogen-bond donors (Lipinski definition) is 2. The molecule has 1 rings (SSSR count). The fourth-order valence-electron chi connectivity index (χ4n) is 1.46. The monoisotopic (exact) mass is 289 g/mol. The molecule has 0 radical (unpaired) electrons. The Morgan fingerprint density at radius 1 is 1.37 bits per heavy atom. The highest BCUT2D eigenvalue weighted by Crippen LogP contribution is 1.98. The van der Waals surface area contributed by atoms with E-state index < -0.39 is 15.3 Å². The van der Waals surface area contributed by atoms with Gasteiger partial charge in [0.1, 0.15) is 6.33 Å². The molecule has 2 N–H and O–H groups in total. The van der Waals surface area contributed by atoms with Gasteiger partial charge in [-0.25, -0.2) is 18.1 Å². The highest BCUT2D eigenvalue weighted by atomic mass is 32.2. The molecule has 0 bridgehead atoms. The van der Waals surface area contributed by atoms with E-state index in [0.29, 0.717) is 25.3 Å². The molecule has 0 saturated carbocycles. The van der Waals surface area contributed by atoms with Crippen molar-refractivity contribution in [3.05, 3.63) is 12.2 Å². The van der Waals surface area contributed by atoms with Crippen molar-refractivity contribution in [3.63, 3.8) is 0 Å². The molecule has 0 aliphatic rings. The maximum Gasteiger partial charge on any atom is 0.215 e. The van der Waals surface area contributed by atoms with Gasteiger partial charge in [-0.3, -0.25) is 4.68 Å². The van der Waals surface area contributed by atoms with Crippen molar-refractivity contribution >= 4 is 10.0 Å². The first-order valence-electron chi connectivity index (χ1n) is 6.37. The van der Waals surface area contributed by atoms with Gasteiger partial charge in [-0.15, -0.1) is 0 Å². The summed E-state index contributed by atoms with van der Waals surface area (Å²) in [6.45, 7) is 6.42. The van der Waals surface area contributed by atoms with E-state index >= 15 is 0 Å². The maximum atomic E-state index is 11.9. The summed E-state index contributed by atoms with van der Waals surface area (Å²) in [5.41, 5.74) is 0. The fourth-order valence-corrected chi connectivity index (χ4v) is 2.44. The zero-order valence-corrected chi connectivity index (χ0v) is 12.7. The van der Waals surface area contributed by atoms with Crippen LogP contribution < -0.4 is 10.0 Å². The van der Waals surface area contributed by atoms with E-state index in [1.54, 1.807) is 25.0 Å². The molecule has 7 nitrogen and oxygen atoms in total. The molecule has 1 heterocycles. The van der Waals surface area contributed by atoms with Crippen molar-refractivity contribution in [2.75, 3.05) is 13.1 Å². The van der Waals surface area contributed by atoms with Crippen LogP contribution in [0.25, 0.3) is 0 Å². The van der Waals surface area contributed by atoms with E-state index in [0.717, 1.165) is 0 Å². The number of nitrogens with zero attached hydrogens (tertiary/aromatic N) is 3. The van der Waals surface area contributed by atoms with E-state index in [1.165, 1.54) is 0 Å². The molecule has 0 saturated heterocycles. The Hall–Kier alpha value is -0.990. The Bertz CT molecular complexity index is 483. The average molecular weight is 289 g/mol. The van der Waals surface area contributed by atoms with Crippen molar-refractivity contribution < 1.29 is 8.42 Å². The van der Waals surface area contributed by atoms with Gasteiger partial charge in [-0.05, 0) is 6.92 Å². The Kier molecular flexibility index (Phi) is 5.89. The van der Waals surface area contributed by atoms with Gasteiger partial charge in [-0.2, -0.15) is 5.10 Å². The summed E-state index contributed by atoms with van der Waals surface area (Å²) in [4.78, 5) is 4.04. The van der Waals surface area contributed by atoms with E-state index in [9.17, 15) is 8.42 Å². The lowest BCUT2D eigenvalue weighted by Gasteiger charge is -2.16. The van der Waals surface area contributed by atoms with Gasteiger partial charge in [0.05, 0.1) is 5.25 Å². The summed E-state index contributed by atoms with van der Waals surface area (Å²) in [5.74, 6) is 0.637. The second-order valence-electron chi connectivity index (χ2n) is 4.90. The summed E-state index contributed by atoms with van der Waals surface area (Å²) < 4.78 is 28.1. The molecular weight excluding hydrogens is 266 g/mol. The smallest absolute Gasteiger partial charge is 0.215 e. The summed E-state index contributed by atoms with van der Waals surface area (Å²) in [7, 11) is -1.52. The van der Waals surface area contributed by atoms with Crippen molar-refractivity contribution in [2.24, 2.45) is 7.05 Å². The Balaban J connectivity index is 2.37. The number of rotatable bonds is 8. The molecule has 1 atom stereocenters. The molecule has 0 fully saturated rings. The van der Waals surface area contributed by atoms with Crippen LogP contribution in [0.1, 0.15) is 26.6 Å². The first-order valence-corrected chi connectivity index (χ1v) is 7.92. The minimum Gasteiger partial charge on any atom is -0.313 e. The Morgan fingerprint density at radius 3 is 2.58 bits per heavy atom. The molecule has 1 unspecified atom stereocenters. The Morgan fingerprint density at radius 2 is 2.05 bits per heavy atom. The zero-order valence-electron chi connectivity index (χ0n) is 11.9. The lowest BCUT2D eigenvalue weighted by atomic mass is 10.3. The van der Waals surface area contributed by atoms with Crippen LogP contribution in [0.3, 0.4) is 0 Å². The van der Waals surface area contributed by atoms with Crippen molar-refractivity contribution in [3.8, 4) is 0 Å². The molecule has 0 aliphatic carbocycles. The van der Waals surface area contributed by atoms with Crippen LogP contribution in [0.2, 0.25) is 0 Å². The van der Waals surface area contributed by atoms with Crippen molar-refractivity contribution in [1.82, 2.24) is 24.8 Å². The molecule has 110 valence electrons.